The van der Waals surface area contributed by atoms with E-state index in [0.29, 0.717) is 19.6 Å². The highest BCUT2D eigenvalue weighted by atomic mass is 16.5. The summed E-state index contributed by atoms with van der Waals surface area (Å²) in [7, 11) is 0. The highest BCUT2D eigenvalue weighted by molar-refractivity contribution is 5.85. The molecule has 1 aliphatic rings. The molecule has 0 bridgehead atoms. The van der Waals surface area contributed by atoms with Gasteiger partial charge < -0.3 is 19.9 Å². The molecule has 0 spiro atoms. The van der Waals surface area contributed by atoms with E-state index in [1.54, 1.807) is 0 Å². The summed E-state index contributed by atoms with van der Waals surface area (Å²) in [5.41, 5.74) is 4.75. The van der Waals surface area contributed by atoms with Crippen LogP contribution in [0.2, 0.25) is 0 Å². The number of hydrogen-bond acceptors (Lipinski definition) is 6. The van der Waals surface area contributed by atoms with Crippen molar-refractivity contribution in [2.24, 2.45) is 0 Å². The maximum atomic E-state index is 12.4. The molecule has 0 radical (unpaired) electrons. The van der Waals surface area contributed by atoms with Crippen LogP contribution in [0.25, 0.3) is 22.1 Å². The van der Waals surface area contributed by atoms with Crippen LogP contribution in [0.4, 0.5) is 0 Å². The van der Waals surface area contributed by atoms with Crippen molar-refractivity contribution in [3.8, 4) is 17.2 Å². The zero-order valence-electron chi connectivity index (χ0n) is 16.9. The van der Waals surface area contributed by atoms with Gasteiger partial charge in [0.1, 0.15) is 12.1 Å². The van der Waals surface area contributed by atoms with Gasteiger partial charge in [-0.25, -0.2) is 0 Å². The predicted octanol–water partition coefficient (Wildman–Crippen LogP) is 2.73. The Labute approximate surface area is 175 Å². The van der Waals surface area contributed by atoms with E-state index >= 15 is 0 Å². The van der Waals surface area contributed by atoms with Crippen LogP contribution in [0.15, 0.2) is 47.0 Å². The number of rotatable bonds is 5. The van der Waals surface area contributed by atoms with Gasteiger partial charge in [0, 0.05) is 25.0 Å². The van der Waals surface area contributed by atoms with Crippen LogP contribution >= 0.6 is 0 Å². The first kappa shape index (κ1) is 20.1. The molecule has 7 nitrogen and oxygen atoms in total. The first-order chi connectivity index (χ1) is 14.6. The number of aromatic nitrogens is 1. The topological polar surface area (TPSA) is 100 Å². The summed E-state index contributed by atoms with van der Waals surface area (Å²) in [6.45, 7) is 3.77. The molecular formula is C23H24N4O3. The van der Waals surface area contributed by atoms with Gasteiger partial charge in [-0.3, -0.25) is 4.79 Å². The lowest BCUT2D eigenvalue weighted by Gasteiger charge is -2.18. The molecular weight excluding hydrogens is 380 g/mol. The molecule has 2 N–H and O–H groups in total. The van der Waals surface area contributed by atoms with Crippen LogP contribution in [0.5, 0.6) is 0 Å². The fourth-order valence-electron chi connectivity index (χ4n) is 3.58. The minimum Gasteiger partial charge on any atom is -0.367 e. The van der Waals surface area contributed by atoms with Crippen LogP contribution in [0.1, 0.15) is 17.7 Å². The molecule has 2 atom stereocenters. The second-order valence-corrected chi connectivity index (χ2v) is 7.49. The van der Waals surface area contributed by atoms with Crippen LogP contribution in [0, 0.1) is 18.3 Å². The Kier molecular flexibility index (Phi) is 6.07. The van der Waals surface area contributed by atoms with E-state index in [2.05, 4.69) is 27.9 Å². The molecule has 3 aromatic rings. The molecule has 1 amide bonds. The highest BCUT2D eigenvalue weighted by Gasteiger charge is 2.23. The summed E-state index contributed by atoms with van der Waals surface area (Å²) in [4.78, 5) is 12.4. The minimum atomic E-state index is -0.605. The van der Waals surface area contributed by atoms with Crippen molar-refractivity contribution in [3.63, 3.8) is 0 Å². The lowest BCUT2D eigenvalue weighted by Crippen LogP contribution is -2.46. The Balaban J connectivity index is 1.41. The summed E-state index contributed by atoms with van der Waals surface area (Å²) in [6.07, 6.45) is 0.759. The molecule has 7 heteroatoms. The van der Waals surface area contributed by atoms with Crippen LogP contribution in [-0.4, -0.2) is 42.9 Å². The smallest absolute Gasteiger partial charge is 0.251 e. The summed E-state index contributed by atoms with van der Waals surface area (Å²) in [6, 6.07) is 15.6. The third kappa shape index (κ3) is 4.51. The number of aryl methyl sites for hydroxylation is 1. The monoisotopic (exact) mass is 404 g/mol. The molecule has 1 fully saturated rings. The number of benzene rings is 2. The second-order valence-electron chi connectivity index (χ2n) is 7.49. The number of carbonyl (C=O) groups excluding carboxylic acids is 1. The lowest BCUT2D eigenvalue weighted by molar-refractivity contribution is -0.132. The standard InChI is InChI=1S/C23H24N4O3/c1-15-20-12-18(7-8-21(20)30-27-15)17-5-3-16(4-6-17)11-19(13-24)26-23(28)22-14-25-9-2-10-29-22/h3-8,12,19,22,25H,2,9-11,14H2,1H3,(H,26,28). The quantitative estimate of drug-likeness (QED) is 0.678. The SMILES string of the molecule is Cc1noc2ccc(-c3ccc(CC(C#N)NC(=O)C4CNCCCO4)cc3)cc12. The van der Waals surface area contributed by atoms with E-state index < -0.39 is 12.1 Å². The molecule has 2 heterocycles. The molecule has 1 aromatic heterocycles. The lowest BCUT2D eigenvalue weighted by atomic mass is 9.99. The summed E-state index contributed by atoms with van der Waals surface area (Å²) >= 11 is 0. The number of nitriles is 1. The van der Waals surface area contributed by atoms with Gasteiger partial charge in [-0.1, -0.05) is 35.5 Å². The third-order valence-electron chi connectivity index (χ3n) is 5.29. The zero-order valence-corrected chi connectivity index (χ0v) is 16.9. The molecule has 1 saturated heterocycles. The van der Waals surface area contributed by atoms with Crippen LogP contribution in [0.3, 0.4) is 0 Å². The fraction of sp³-hybridized carbons (Fsp3) is 0.348. The average molecular weight is 404 g/mol. The number of hydrogen-bond donors (Lipinski definition) is 2. The van der Waals surface area contributed by atoms with Gasteiger partial charge in [-0.15, -0.1) is 0 Å². The molecule has 154 valence electrons. The molecule has 1 aliphatic heterocycles. The zero-order chi connectivity index (χ0) is 20.9. The Morgan fingerprint density at radius 2 is 2.10 bits per heavy atom. The van der Waals surface area contributed by atoms with Crippen molar-refractivity contribution in [3.05, 3.63) is 53.7 Å². The molecule has 2 unspecified atom stereocenters. The van der Waals surface area contributed by atoms with E-state index in [4.69, 9.17) is 9.26 Å². The highest BCUT2D eigenvalue weighted by Crippen LogP contribution is 2.26. The molecule has 4 rings (SSSR count). The number of carbonyl (C=O) groups is 1. The normalized spacial score (nSPS) is 17.8. The maximum Gasteiger partial charge on any atom is 0.251 e. The Hall–Kier alpha value is -3.21. The molecule has 2 aromatic carbocycles. The van der Waals surface area contributed by atoms with E-state index in [9.17, 15) is 10.1 Å². The van der Waals surface area contributed by atoms with Crippen molar-refractivity contribution < 1.29 is 14.1 Å². The molecule has 30 heavy (non-hydrogen) atoms. The van der Waals surface area contributed by atoms with Crippen LogP contribution < -0.4 is 10.6 Å². The first-order valence-corrected chi connectivity index (χ1v) is 10.1. The predicted molar refractivity (Wildman–Crippen MR) is 113 cm³/mol. The van der Waals surface area contributed by atoms with E-state index in [-0.39, 0.29) is 5.91 Å². The van der Waals surface area contributed by atoms with Gasteiger partial charge >= 0.3 is 0 Å². The van der Waals surface area contributed by atoms with E-state index in [1.165, 1.54) is 0 Å². The summed E-state index contributed by atoms with van der Waals surface area (Å²) in [5, 5.41) is 20.5. The first-order valence-electron chi connectivity index (χ1n) is 10.1. The van der Waals surface area contributed by atoms with E-state index in [1.807, 2.05) is 43.3 Å². The molecule has 0 aliphatic carbocycles. The van der Waals surface area contributed by atoms with Gasteiger partial charge in [-0.05, 0) is 48.7 Å². The Morgan fingerprint density at radius 3 is 2.90 bits per heavy atom. The minimum absolute atomic E-state index is 0.245. The van der Waals surface area contributed by atoms with Crippen LogP contribution in [-0.2, 0) is 16.0 Å². The third-order valence-corrected chi connectivity index (χ3v) is 5.29. The van der Waals surface area contributed by atoms with Crippen molar-refractivity contribution in [2.75, 3.05) is 19.7 Å². The number of nitrogens with one attached hydrogen (secondary N) is 2. The van der Waals surface area contributed by atoms with Crippen molar-refractivity contribution in [1.82, 2.24) is 15.8 Å². The van der Waals surface area contributed by atoms with Gasteiger partial charge in [-0.2, -0.15) is 5.26 Å². The summed E-state index contributed by atoms with van der Waals surface area (Å²) < 4.78 is 10.8. The largest absolute Gasteiger partial charge is 0.367 e. The number of nitrogens with zero attached hydrogens (tertiary/aromatic N) is 2. The van der Waals surface area contributed by atoms with Crippen molar-refractivity contribution >= 4 is 16.9 Å². The van der Waals surface area contributed by atoms with Gasteiger partial charge in [0.2, 0.25) is 0 Å². The average Bonchev–Trinajstić information content (AvgIpc) is 2.96. The van der Waals surface area contributed by atoms with Crippen molar-refractivity contribution in [2.45, 2.75) is 31.9 Å². The van der Waals surface area contributed by atoms with Gasteiger partial charge in [0.25, 0.3) is 5.91 Å². The van der Waals surface area contributed by atoms with E-state index in [0.717, 1.165) is 46.3 Å². The molecule has 0 saturated carbocycles. The Morgan fingerprint density at radius 1 is 1.30 bits per heavy atom. The fourth-order valence-corrected chi connectivity index (χ4v) is 3.58. The number of amides is 1. The summed E-state index contributed by atoms with van der Waals surface area (Å²) in [5.74, 6) is -0.245. The second kappa shape index (κ2) is 9.08. The maximum absolute atomic E-state index is 12.4. The van der Waals surface area contributed by atoms with Crippen molar-refractivity contribution in [1.29, 1.82) is 5.26 Å². The van der Waals surface area contributed by atoms with Gasteiger partial charge in [0.15, 0.2) is 5.58 Å². The Bertz CT molecular complexity index is 1060. The number of ether oxygens (including phenoxy) is 1. The number of fused-ring (bicyclic) bond motifs is 1. The van der Waals surface area contributed by atoms with Gasteiger partial charge in [0.05, 0.1) is 11.8 Å².